The van der Waals surface area contributed by atoms with Gasteiger partial charge in [-0.15, -0.1) is 0 Å². The zero-order chi connectivity index (χ0) is 9.98. The quantitative estimate of drug-likeness (QED) is 0.701. The van der Waals surface area contributed by atoms with Crippen molar-refractivity contribution in [2.45, 2.75) is 33.1 Å². The van der Waals surface area contributed by atoms with Crippen LogP contribution in [0.4, 0.5) is 0 Å². The lowest BCUT2D eigenvalue weighted by Gasteiger charge is -1.86. The number of rotatable bonds is 3. The van der Waals surface area contributed by atoms with Crippen LogP contribution in [-0.4, -0.2) is 17.0 Å². The summed E-state index contributed by atoms with van der Waals surface area (Å²) in [6.07, 6.45) is 1.95. The lowest BCUT2D eigenvalue weighted by Crippen LogP contribution is -2.05. The van der Waals surface area contributed by atoms with Crippen LogP contribution in [0.5, 0.6) is 0 Å². The molecule has 0 rings (SSSR count). The monoisotopic (exact) mass is 196 g/mol. The summed E-state index contributed by atoms with van der Waals surface area (Å²) < 4.78 is 3.51. The molecule has 0 aliphatic rings. The van der Waals surface area contributed by atoms with Crippen LogP contribution in [0.15, 0.2) is 0 Å². The molecular weight excluding hydrogens is 184 g/mol. The van der Waals surface area contributed by atoms with Crippen molar-refractivity contribution in [2.24, 2.45) is 0 Å². The normalized spacial score (nSPS) is 7.92. The van der Waals surface area contributed by atoms with E-state index in [2.05, 4.69) is 30.0 Å². The Labute approximate surface area is 76.6 Å². The highest BCUT2D eigenvalue weighted by Gasteiger charge is 2.06. The van der Waals surface area contributed by atoms with Gasteiger partial charge in [-0.25, -0.2) is 4.79 Å². The van der Waals surface area contributed by atoms with E-state index in [0.29, 0.717) is 0 Å². The smallest absolute Gasteiger partial charge is 0.335 e. The molecule has 0 aromatic heterocycles. The van der Waals surface area contributed by atoms with Gasteiger partial charge in [-0.1, -0.05) is 26.7 Å². The second kappa shape index (κ2) is 10.2. The second-order valence-corrected chi connectivity index (χ2v) is 2.17. The van der Waals surface area contributed by atoms with Crippen LogP contribution in [0, 0.1) is 0 Å². The Morgan fingerprint density at radius 2 is 1.75 bits per heavy atom. The number of carbonyl (C=O) groups excluding carboxylic acids is 1. The van der Waals surface area contributed by atoms with Crippen LogP contribution in [0.1, 0.15) is 33.1 Å². The highest BCUT2D eigenvalue weighted by atomic mass is 35.5. The summed E-state index contributed by atoms with van der Waals surface area (Å²) in [6.45, 7) is 4.36. The molecule has 0 unspecified atom stereocenters. The first-order valence-corrected chi connectivity index (χ1v) is 3.92. The molecule has 0 radical (unpaired) electrons. The second-order valence-electron chi connectivity index (χ2n) is 2.02. The molecule has 0 saturated heterocycles. The average molecular weight is 197 g/mol. The molecule has 72 valence electrons. The molecule has 12 heavy (non-hydrogen) atoms. The van der Waals surface area contributed by atoms with E-state index in [0.717, 1.165) is 0 Å². The van der Waals surface area contributed by atoms with Gasteiger partial charge >= 0.3 is 11.9 Å². The van der Waals surface area contributed by atoms with E-state index in [9.17, 15) is 9.59 Å². The van der Waals surface area contributed by atoms with Gasteiger partial charge in [0.15, 0.2) is 0 Å². The largest absolute Gasteiger partial charge is 0.481 e. The van der Waals surface area contributed by atoms with E-state index in [1.54, 1.807) is 0 Å². The molecule has 0 aromatic carbocycles. The predicted octanol–water partition coefficient (Wildman–Crippen LogP) is 1.96. The summed E-state index contributed by atoms with van der Waals surface area (Å²) in [7, 11) is 0. The van der Waals surface area contributed by atoms with Crippen molar-refractivity contribution in [2.75, 3.05) is 0 Å². The number of carboxylic acids is 1. The molecule has 0 heterocycles. The van der Waals surface area contributed by atoms with Gasteiger partial charge in [-0.3, -0.25) is 4.79 Å². The highest BCUT2D eigenvalue weighted by molar-refractivity contribution is 6.14. The minimum absolute atomic E-state index is 0.691. The third-order valence-corrected chi connectivity index (χ3v) is 1.05. The lowest BCUT2D eigenvalue weighted by molar-refractivity contribution is -0.145. The molecule has 0 atom stereocenters. The Balaban J connectivity index is 0. The van der Waals surface area contributed by atoms with Crippen molar-refractivity contribution in [1.29, 1.82) is 0 Å². The number of carbonyl (C=O) groups is 2. The number of hydrogen-bond acceptors (Lipinski definition) is 3. The number of hydrogen-bond donors (Lipinski definition) is 1. The van der Waals surface area contributed by atoms with Gasteiger partial charge < -0.3 is 9.40 Å². The highest BCUT2D eigenvalue weighted by Crippen LogP contribution is 1.87. The molecular formula is C7H13ClO4. The van der Waals surface area contributed by atoms with Crippen LogP contribution in [0.2, 0.25) is 0 Å². The van der Waals surface area contributed by atoms with E-state index < -0.39 is 18.4 Å². The van der Waals surface area contributed by atoms with Gasteiger partial charge in [0.2, 0.25) is 0 Å². The Hall–Kier alpha value is -0.770. The molecule has 1 N–H and O–H groups in total. The fourth-order valence-corrected chi connectivity index (χ4v) is 0.205. The van der Waals surface area contributed by atoms with E-state index >= 15 is 0 Å². The maximum absolute atomic E-state index is 9.89. The Bertz CT molecular complexity index is 133. The first kappa shape index (κ1) is 13.8. The standard InChI is InChI=1S/C4H10.C3H3ClO4/c1-3-4-2;4-8-3(7)1-2(5)6/h3-4H2,1-2H3;1H2,(H,5,6). The fraction of sp³-hybridized carbons (Fsp3) is 0.714. The third-order valence-electron chi connectivity index (χ3n) is 0.882. The van der Waals surface area contributed by atoms with Gasteiger partial charge in [0.05, 0.1) is 0 Å². The summed E-state index contributed by atoms with van der Waals surface area (Å²) in [6, 6.07) is 0. The molecule has 0 bridgehead atoms. The number of unbranched alkanes of at least 4 members (excludes halogenated alkanes) is 1. The third kappa shape index (κ3) is 16.1. The van der Waals surface area contributed by atoms with Gasteiger partial charge in [-0.2, -0.15) is 0 Å². The predicted molar refractivity (Wildman–Crippen MR) is 44.8 cm³/mol. The first-order chi connectivity index (χ1) is 5.58. The lowest BCUT2D eigenvalue weighted by atomic mass is 10.4. The topological polar surface area (TPSA) is 63.6 Å². The number of aliphatic carboxylic acids is 1. The van der Waals surface area contributed by atoms with Gasteiger partial charge in [0, 0.05) is 0 Å². The van der Waals surface area contributed by atoms with E-state index in [1.807, 2.05) is 0 Å². The number of halogens is 1. The molecule has 0 saturated carbocycles. The number of carboxylic acid groups (broad SMARTS) is 1. The van der Waals surface area contributed by atoms with Crippen molar-refractivity contribution in [3.05, 3.63) is 0 Å². The van der Waals surface area contributed by atoms with Crippen molar-refractivity contribution < 1.29 is 19.0 Å². The Morgan fingerprint density at radius 3 is 1.83 bits per heavy atom. The molecule has 0 aliphatic heterocycles. The molecule has 0 spiro atoms. The maximum Gasteiger partial charge on any atom is 0.335 e. The van der Waals surface area contributed by atoms with Crippen LogP contribution in [0.25, 0.3) is 0 Å². The summed E-state index contributed by atoms with van der Waals surface area (Å²) in [5.74, 6) is -2.21. The van der Waals surface area contributed by atoms with E-state index in [1.165, 1.54) is 12.8 Å². The zero-order valence-electron chi connectivity index (χ0n) is 7.17. The Morgan fingerprint density at radius 1 is 1.33 bits per heavy atom. The molecule has 0 amide bonds. The minimum atomic E-state index is -1.25. The molecule has 0 aromatic rings. The summed E-state index contributed by atoms with van der Waals surface area (Å²) in [4.78, 5) is 19.5. The van der Waals surface area contributed by atoms with E-state index in [4.69, 9.17) is 5.11 Å². The molecule has 0 fully saturated rings. The van der Waals surface area contributed by atoms with Crippen LogP contribution in [-0.2, 0) is 13.9 Å². The SMILES string of the molecule is CCCC.O=C(O)CC(=O)OCl. The Kier molecular flexibility index (Phi) is 11.8. The average Bonchev–Trinajstić information content (AvgIpc) is 2.04. The van der Waals surface area contributed by atoms with Crippen molar-refractivity contribution >= 4 is 23.8 Å². The molecule has 5 heteroatoms. The summed E-state index contributed by atoms with van der Waals surface area (Å²) in [5.41, 5.74) is 0. The molecule has 4 nitrogen and oxygen atoms in total. The van der Waals surface area contributed by atoms with Crippen LogP contribution < -0.4 is 0 Å². The van der Waals surface area contributed by atoms with Crippen LogP contribution >= 0.6 is 11.9 Å². The summed E-state index contributed by atoms with van der Waals surface area (Å²) >= 11 is 4.48. The van der Waals surface area contributed by atoms with Crippen LogP contribution in [0.3, 0.4) is 0 Å². The first-order valence-electron chi connectivity index (χ1n) is 3.61. The van der Waals surface area contributed by atoms with Gasteiger partial charge in [-0.05, 0) is 0 Å². The van der Waals surface area contributed by atoms with Crippen molar-refractivity contribution in [1.82, 2.24) is 0 Å². The summed E-state index contributed by atoms with van der Waals surface area (Å²) in [5, 5.41) is 7.86. The molecule has 0 aliphatic carbocycles. The maximum atomic E-state index is 9.89. The fourth-order valence-electron chi connectivity index (χ4n) is 0.151. The van der Waals surface area contributed by atoms with Gasteiger partial charge in [0.25, 0.3) is 0 Å². The van der Waals surface area contributed by atoms with E-state index in [-0.39, 0.29) is 0 Å². The minimum Gasteiger partial charge on any atom is -0.481 e. The van der Waals surface area contributed by atoms with Crippen molar-refractivity contribution in [3.63, 3.8) is 0 Å². The zero-order valence-corrected chi connectivity index (χ0v) is 7.93. The van der Waals surface area contributed by atoms with Crippen molar-refractivity contribution in [3.8, 4) is 0 Å². The van der Waals surface area contributed by atoms with Gasteiger partial charge in [0.1, 0.15) is 18.3 Å².